The monoisotopic (exact) mass is 389 g/mol. The van der Waals surface area contributed by atoms with Crippen molar-refractivity contribution in [2.24, 2.45) is 5.41 Å². The van der Waals surface area contributed by atoms with Crippen LogP contribution in [0, 0.1) is 17.0 Å². The molecule has 0 bridgehead atoms. The van der Waals surface area contributed by atoms with Gasteiger partial charge >= 0.3 is 0 Å². The SMILES string of the molecule is COc1cccc(CC(=O)N2CCC[C@](CO)(Cc3ccc(F)cc3F)C2)c1. The second-order valence-corrected chi connectivity index (χ2v) is 7.52. The molecule has 0 saturated carbocycles. The molecule has 1 atom stereocenters. The van der Waals surface area contributed by atoms with Gasteiger partial charge in [0.1, 0.15) is 17.4 Å². The fourth-order valence-electron chi connectivity index (χ4n) is 3.89. The molecule has 28 heavy (non-hydrogen) atoms. The molecule has 2 aromatic rings. The van der Waals surface area contributed by atoms with Gasteiger partial charge in [0.2, 0.25) is 5.91 Å². The van der Waals surface area contributed by atoms with E-state index < -0.39 is 17.0 Å². The number of rotatable bonds is 6. The van der Waals surface area contributed by atoms with Crippen LogP contribution >= 0.6 is 0 Å². The summed E-state index contributed by atoms with van der Waals surface area (Å²) in [4.78, 5) is 14.6. The first-order valence-corrected chi connectivity index (χ1v) is 9.40. The molecule has 1 heterocycles. The van der Waals surface area contributed by atoms with Gasteiger partial charge in [0.15, 0.2) is 0 Å². The van der Waals surface area contributed by atoms with Crippen molar-refractivity contribution in [2.45, 2.75) is 25.7 Å². The number of nitrogens with zero attached hydrogens (tertiary/aromatic N) is 1. The summed E-state index contributed by atoms with van der Waals surface area (Å²) >= 11 is 0. The lowest BCUT2D eigenvalue weighted by atomic mass is 9.75. The van der Waals surface area contributed by atoms with Crippen LogP contribution < -0.4 is 4.74 Å². The van der Waals surface area contributed by atoms with Crippen molar-refractivity contribution in [1.29, 1.82) is 0 Å². The third kappa shape index (κ3) is 4.68. The summed E-state index contributed by atoms with van der Waals surface area (Å²) in [5.74, 6) is -0.587. The molecule has 1 aliphatic rings. The van der Waals surface area contributed by atoms with Crippen LogP contribution in [-0.2, 0) is 17.6 Å². The number of likely N-dealkylation sites (tertiary alicyclic amines) is 1. The Morgan fingerprint density at radius 3 is 2.79 bits per heavy atom. The van der Waals surface area contributed by atoms with Gasteiger partial charge in [0.25, 0.3) is 0 Å². The molecule has 1 aliphatic heterocycles. The van der Waals surface area contributed by atoms with Crippen LogP contribution in [0.2, 0.25) is 0 Å². The average molecular weight is 389 g/mol. The molecular formula is C22H25F2NO3. The Labute approximate surface area is 163 Å². The van der Waals surface area contributed by atoms with Crippen LogP contribution in [0.5, 0.6) is 5.75 Å². The summed E-state index contributed by atoms with van der Waals surface area (Å²) in [6.07, 6.45) is 1.92. The van der Waals surface area contributed by atoms with Crippen molar-refractivity contribution in [3.05, 3.63) is 65.2 Å². The van der Waals surface area contributed by atoms with Crippen LogP contribution in [0.25, 0.3) is 0 Å². The third-order valence-corrected chi connectivity index (χ3v) is 5.42. The van der Waals surface area contributed by atoms with Gasteiger partial charge in [0, 0.05) is 24.6 Å². The van der Waals surface area contributed by atoms with E-state index in [9.17, 15) is 18.7 Å². The lowest BCUT2D eigenvalue weighted by molar-refractivity contribution is -0.134. The van der Waals surface area contributed by atoms with E-state index in [2.05, 4.69) is 0 Å². The van der Waals surface area contributed by atoms with Crippen LogP contribution in [0.1, 0.15) is 24.0 Å². The molecule has 4 nitrogen and oxygen atoms in total. The number of carbonyl (C=O) groups excluding carboxylic acids is 1. The van der Waals surface area contributed by atoms with Crippen LogP contribution in [0.3, 0.4) is 0 Å². The molecule has 3 rings (SSSR count). The number of amides is 1. The predicted molar refractivity (Wildman–Crippen MR) is 102 cm³/mol. The van der Waals surface area contributed by atoms with Crippen LogP contribution in [-0.4, -0.2) is 42.7 Å². The molecule has 1 N–H and O–H groups in total. The van der Waals surface area contributed by atoms with Crippen molar-refractivity contribution in [3.8, 4) is 5.75 Å². The summed E-state index contributed by atoms with van der Waals surface area (Å²) in [6.45, 7) is 0.798. The van der Waals surface area contributed by atoms with Gasteiger partial charge in [-0.2, -0.15) is 0 Å². The summed E-state index contributed by atoms with van der Waals surface area (Å²) in [5.41, 5.74) is 0.590. The van der Waals surface area contributed by atoms with Gasteiger partial charge in [-0.1, -0.05) is 18.2 Å². The molecule has 0 spiro atoms. The summed E-state index contributed by atoms with van der Waals surface area (Å²) in [5, 5.41) is 10.1. The Morgan fingerprint density at radius 2 is 2.07 bits per heavy atom. The number of methoxy groups -OCH3 is 1. The first kappa shape index (κ1) is 20.3. The zero-order valence-electron chi connectivity index (χ0n) is 16.0. The quantitative estimate of drug-likeness (QED) is 0.824. The number of aliphatic hydroxyl groups excluding tert-OH is 1. The van der Waals surface area contributed by atoms with E-state index in [0.29, 0.717) is 30.8 Å². The molecule has 1 amide bonds. The third-order valence-electron chi connectivity index (χ3n) is 5.42. The van der Waals surface area contributed by atoms with E-state index in [4.69, 9.17) is 4.74 Å². The maximum Gasteiger partial charge on any atom is 0.227 e. The summed E-state index contributed by atoms with van der Waals surface area (Å²) < 4.78 is 32.5. The minimum Gasteiger partial charge on any atom is -0.497 e. The Kier molecular flexibility index (Phi) is 6.29. The molecule has 0 unspecified atom stereocenters. The number of aliphatic hydroxyl groups is 1. The maximum absolute atomic E-state index is 14.1. The van der Waals surface area contributed by atoms with Gasteiger partial charge in [0.05, 0.1) is 20.1 Å². The lowest BCUT2D eigenvalue weighted by Gasteiger charge is -2.42. The number of piperidine rings is 1. The zero-order chi connectivity index (χ0) is 20.1. The van der Waals surface area contributed by atoms with Gasteiger partial charge < -0.3 is 14.7 Å². The summed E-state index contributed by atoms with van der Waals surface area (Å²) in [7, 11) is 1.58. The second-order valence-electron chi connectivity index (χ2n) is 7.52. The summed E-state index contributed by atoms with van der Waals surface area (Å²) in [6, 6.07) is 10.9. The minimum atomic E-state index is -0.627. The van der Waals surface area contributed by atoms with Crippen molar-refractivity contribution in [2.75, 3.05) is 26.8 Å². The highest BCUT2D eigenvalue weighted by Gasteiger charge is 2.37. The number of hydrogen-bond acceptors (Lipinski definition) is 3. The Hall–Kier alpha value is -2.47. The van der Waals surface area contributed by atoms with Gasteiger partial charge in [-0.15, -0.1) is 0 Å². The van der Waals surface area contributed by atoms with Gasteiger partial charge in [-0.3, -0.25) is 4.79 Å². The second kappa shape index (κ2) is 8.69. The highest BCUT2D eigenvalue weighted by atomic mass is 19.1. The Bertz CT molecular complexity index is 842. The Morgan fingerprint density at radius 1 is 1.25 bits per heavy atom. The smallest absolute Gasteiger partial charge is 0.227 e. The number of carbonyl (C=O) groups is 1. The van der Waals surface area contributed by atoms with E-state index in [0.717, 1.165) is 18.1 Å². The van der Waals surface area contributed by atoms with Crippen molar-refractivity contribution < 1.29 is 23.4 Å². The fraction of sp³-hybridized carbons (Fsp3) is 0.409. The zero-order valence-corrected chi connectivity index (χ0v) is 16.0. The van der Waals surface area contributed by atoms with Gasteiger partial charge in [-0.05, 0) is 48.6 Å². The predicted octanol–water partition coefficient (Wildman–Crippen LogP) is 3.36. The molecule has 2 aromatic carbocycles. The highest BCUT2D eigenvalue weighted by Crippen LogP contribution is 2.34. The molecule has 0 aromatic heterocycles. The van der Waals surface area contributed by atoms with Crippen molar-refractivity contribution in [1.82, 2.24) is 4.90 Å². The average Bonchev–Trinajstić information content (AvgIpc) is 2.70. The number of ether oxygens (including phenoxy) is 1. The van der Waals surface area contributed by atoms with Crippen LogP contribution in [0.15, 0.2) is 42.5 Å². The molecule has 1 fully saturated rings. The molecule has 1 saturated heterocycles. The molecule has 0 radical (unpaired) electrons. The van der Waals surface area contributed by atoms with Crippen molar-refractivity contribution >= 4 is 5.91 Å². The number of benzene rings is 2. The minimum absolute atomic E-state index is 0.0367. The largest absolute Gasteiger partial charge is 0.497 e. The van der Waals surface area contributed by atoms with Gasteiger partial charge in [-0.25, -0.2) is 8.78 Å². The van der Waals surface area contributed by atoms with E-state index in [1.54, 1.807) is 12.0 Å². The topological polar surface area (TPSA) is 49.8 Å². The number of halogens is 2. The van der Waals surface area contributed by atoms with E-state index >= 15 is 0 Å². The first-order valence-electron chi connectivity index (χ1n) is 9.40. The number of hydrogen-bond donors (Lipinski definition) is 1. The standard InChI is InChI=1S/C22H25F2NO3/c1-28-19-5-2-4-16(10-19)11-21(27)25-9-3-8-22(14-25,15-26)13-17-6-7-18(23)12-20(17)24/h2,4-7,10,12,26H,3,8-9,11,13-15H2,1H3/t22-/m0/s1. The molecule has 0 aliphatic carbocycles. The van der Waals surface area contributed by atoms with E-state index in [1.807, 2.05) is 24.3 Å². The highest BCUT2D eigenvalue weighted by molar-refractivity contribution is 5.79. The van der Waals surface area contributed by atoms with E-state index in [1.165, 1.54) is 12.1 Å². The lowest BCUT2D eigenvalue weighted by Crippen LogP contribution is -2.49. The Balaban J connectivity index is 1.72. The first-order chi connectivity index (χ1) is 13.4. The fourth-order valence-corrected chi connectivity index (χ4v) is 3.89. The normalized spacial score (nSPS) is 19.5. The van der Waals surface area contributed by atoms with E-state index in [-0.39, 0.29) is 25.4 Å². The maximum atomic E-state index is 14.1. The molecule has 6 heteroatoms. The van der Waals surface area contributed by atoms with Crippen molar-refractivity contribution in [3.63, 3.8) is 0 Å². The van der Waals surface area contributed by atoms with Crippen LogP contribution in [0.4, 0.5) is 8.78 Å². The molecule has 150 valence electrons. The molecular weight excluding hydrogens is 364 g/mol.